The summed E-state index contributed by atoms with van der Waals surface area (Å²) in [4.78, 5) is 17.0. The molecule has 0 radical (unpaired) electrons. The van der Waals surface area contributed by atoms with Gasteiger partial charge in [0.25, 0.3) is 0 Å². The molecule has 0 saturated heterocycles. The van der Waals surface area contributed by atoms with Gasteiger partial charge in [-0.25, -0.2) is 9.78 Å². The smallest absolute Gasteiger partial charge is 0.337 e. The van der Waals surface area contributed by atoms with Gasteiger partial charge in [-0.2, -0.15) is 0 Å². The summed E-state index contributed by atoms with van der Waals surface area (Å²) in [5.41, 5.74) is 2.70. The van der Waals surface area contributed by atoms with E-state index in [9.17, 15) is 4.79 Å². The van der Waals surface area contributed by atoms with E-state index >= 15 is 0 Å². The van der Waals surface area contributed by atoms with Gasteiger partial charge in [-0.1, -0.05) is 42.5 Å². The summed E-state index contributed by atoms with van der Waals surface area (Å²) in [6.07, 6.45) is 1.86. The Morgan fingerprint density at radius 1 is 1.00 bits per heavy atom. The third-order valence-corrected chi connectivity index (χ3v) is 4.21. The summed E-state index contributed by atoms with van der Waals surface area (Å²) in [6, 6.07) is 17.4. The fourth-order valence-electron chi connectivity index (χ4n) is 2.01. The van der Waals surface area contributed by atoms with Gasteiger partial charge in [-0.15, -0.1) is 11.3 Å². The van der Waals surface area contributed by atoms with E-state index in [1.807, 2.05) is 48.7 Å². The minimum atomic E-state index is -0.323. The zero-order chi connectivity index (χ0) is 14.7. The molecule has 0 amide bonds. The molecule has 0 bridgehead atoms. The van der Waals surface area contributed by atoms with Crippen molar-refractivity contribution in [3.63, 3.8) is 0 Å². The molecule has 104 valence electrons. The lowest BCUT2D eigenvalue weighted by atomic mass is 10.1. The van der Waals surface area contributed by atoms with Crippen LogP contribution in [0.25, 0.3) is 21.0 Å². The summed E-state index contributed by atoms with van der Waals surface area (Å²) in [6.45, 7) is 0. The molecule has 0 spiro atoms. The summed E-state index contributed by atoms with van der Waals surface area (Å²) in [5, 5.41) is 0.989. The second kappa shape index (κ2) is 5.89. The van der Waals surface area contributed by atoms with E-state index in [0.717, 1.165) is 21.0 Å². The summed E-state index contributed by atoms with van der Waals surface area (Å²) in [5.74, 6) is -0.323. The molecule has 3 nitrogen and oxygen atoms in total. The minimum absolute atomic E-state index is 0.323. The molecule has 0 saturated carbocycles. The molecular weight excluding hydrogens is 282 g/mol. The number of nitrogens with zero attached hydrogens (tertiary/aromatic N) is 1. The van der Waals surface area contributed by atoms with Gasteiger partial charge in [0.1, 0.15) is 5.01 Å². The van der Waals surface area contributed by atoms with E-state index in [4.69, 9.17) is 4.74 Å². The Kier molecular flexibility index (Phi) is 3.79. The average Bonchev–Trinajstić information content (AvgIpc) is 3.05. The first kappa shape index (κ1) is 13.5. The van der Waals surface area contributed by atoms with Crippen LogP contribution >= 0.6 is 11.3 Å². The summed E-state index contributed by atoms with van der Waals surface area (Å²) < 4.78 is 4.70. The van der Waals surface area contributed by atoms with Crippen LogP contribution in [0.5, 0.6) is 0 Å². The van der Waals surface area contributed by atoms with Crippen molar-refractivity contribution < 1.29 is 9.53 Å². The van der Waals surface area contributed by atoms with Gasteiger partial charge in [-0.3, -0.25) is 0 Å². The molecule has 4 heteroatoms. The molecule has 1 aromatic heterocycles. The fourth-order valence-corrected chi connectivity index (χ4v) is 2.94. The van der Waals surface area contributed by atoms with Crippen LogP contribution in [0.2, 0.25) is 0 Å². The molecule has 21 heavy (non-hydrogen) atoms. The molecule has 0 unspecified atom stereocenters. The van der Waals surface area contributed by atoms with Crippen LogP contribution in [0.3, 0.4) is 0 Å². The lowest BCUT2D eigenvalue weighted by molar-refractivity contribution is 0.0601. The zero-order valence-corrected chi connectivity index (χ0v) is 12.3. The van der Waals surface area contributed by atoms with Crippen molar-refractivity contribution >= 4 is 17.3 Å². The molecule has 3 aromatic rings. The highest BCUT2D eigenvalue weighted by Crippen LogP contribution is 2.31. The Balaban J connectivity index is 1.88. The topological polar surface area (TPSA) is 39.2 Å². The molecule has 1 heterocycles. The lowest BCUT2D eigenvalue weighted by Crippen LogP contribution is -2.00. The van der Waals surface area contributed by atoms with Crippen molar-refractivity contribution in [3.8, 4) is 21.0 Å². The van der Waals surface area contributed by atoms with E-state index in [1.54, 1.807) is 23.5 Å². The van der Waals surface area contributed by atoms with Crippen LogP contribution in [0.4, 0.5) is 0 Å². The monoisotopic (exact) mass is 295 g/mol. The van der Waals surface area contributed by atoms with Crippen LogP contribution in [-0.4, -0.2) is 18.1 Å². The summed E-state index contributed by atoms with van der Waals surface area (Å²) >= 11 is 1.63. The number of carbonyl (C=O) groups is 1. The maximum Gasteiger partial charge on any atom is 0.337 e. The molecular formula is C17H13NO2S. The molecule has 0 fully saturated rings. The largest absolute Gasteiger partial charge is 0.465 e. The molecule has 0 atom stereocenters. The number of hydrogen-bond acceptors (Lipinski definition) is 4. The Morgan fingerprint density at radius 2 is 1.71 bits per heavy atom. The van der Waals surface area contributed by atoms with Crippen LogP contribution < -0.4 is 0 Å². The van der Waals surface area contributed by atoms with Crippen molar-refractivity contribution in [1.29, 1.82) is 0 Å². The predicted molar refractivity (Wildman–Crippen MR) is 84.3 cm³/mol. The average molecular weight is 295 g/mol. The van der Waals surface area contributed by atoms with Gasteiger partial charge >= 0.3 is 5.97 Å². The number of carbonyl (C=O) groups excluding carboxylic acids is 1. The highest BCUT2D eigenvalue weighted by atomic mass is 32.1. The first-order chi connectivity index (χ1) is 10.3. The number of methoxy groups -OCH3 is 1. The number of ether oxygens (including phenoxy) is 1. The third-order valence-electron chi connectivity index (χ3n) is 3.12. The first-order valence-electron chi connectivity index (χ1n) is 6.48. The minimum Gasteiger partial charge on any atom is -0.465 e. The number of esters is 1. The van der Waals surface area contributed by atoms with Gasteiger partial charge in [0.15, 0.2) is 0 Å². The molecule has 0 aliphatic rings. The van der Waals surface area contributed by atoms with Gasteiger partial charge < -0.3 is 4.74 Å². The normalized spacial score (nSPS) is 10.3. The number of aromatic nitrogens is 1. The van der Waals surface area contributed by atoms with Crippen LogP contribution in [-0.2, 0) is 4.74 Å². The molecule has 0 N–H and O–H groups in total. The Morgan fingerprint density at radius 3 is 2.38 bits per heavy atom. The van der Waals surface area contributed by atoms with E-state index < -0.39 is 0 Å². The lowest BCUT2D eigenvalue weighted by Gasteiger charge is -2.00. The van der Waals surface area contributed by atoms with Crippen molar-refractivity contribution in [3.05, 3.63) is 66.4 Å². The van der Waals surface area contributed by atoms with E-state index in [1.165, 1.54) is 7.11 Å². The second-order valence-electron chi connectivity index (χ2n) is 4.46. The van der Waals surface area contributed by atoms with Crippen molar-refractivity contribution in [2.24, 2.45) is 0 Å². The van der Waals surface area contributed by atoms with E-state index in [2.05, 4.69) is 4.98 Å². The maximum absolute atomic E-state index is 11.4. The second-order valence-corrected chi connectivity index (χ2v) is 5.50. The van der Waals surface area contributed by atoms with Crippen molar-refractivity contribution in [2.45, 2.75) is 0 Å². The molecule has 3 rings (SSSR count). The van der Waals surface area contributed by atoms with Crippen LogP contribution in [0, 0.1) is 0 Å². The van der Waals surface area contributed by atoms with Gasteiger partial charge in [-0.05, 0) is 17.7 Å². The van der Waals surface area contributed by atoms with E-state index in [-0.39, 0.29) is 5.97 Å². The number of hydrogen-bond donors (Lipinski definition) is 0. The predicted octanol–water partition coefficient (Wildman–Crippen LogP) is 4.26. The summed E-state index contributed by atoms with van der Waals surface area (Å²) in [7, 11) is 1.38. The Hall–Kier alpha value is -2.46. The van der Waals surface area contributed by atoms with Crippen molar-refractivity contribution in [2.75, 3.05) is 7.11 Å². The quantitative estimate of drug-likeness (QED) is 0.678. The van der Waals surface area contributed by atoms with Crippen LogP contribution in [0.1, 0.15) is 10.4 Å². The Labute approximate surface area is 126 Å². The number of thiazole rings is 1. The molecule has 0 aliphatic heterocycles. The number of benzene rings is 2. The maximum atomic E-state index is 11.4. The Bertz CT molecular complexity index is 748. The standard InChI is InChI=1S/C17H13NO2S/c1-20-17(19)14-9-7-12(8-10-14)15-11-18-16(21-15)13-5-3-2-4-6-13/h2-11H,1H3. The first-order valence-corrected chi connectivity index (χ1v) is 7.29. The van der Waals surface area contributed by atoms with E-state index in [0.29, 0.717) is 5.56 Å². The highest BCUT2D eigenvalue weighted by molar-refractivity contribution is 7.18. The van der Waals surface area contributed by atoms with Gasteiger partial charge in [0.05, 0.1) is 17.6 Å². The fraction of sp³-hybridized carbons (Fsp3) is 0.0588. The third kappa shape index (κ3) is 2.85. The van der Waals surface area contributed by atoms with Gasteiger partial charge in [0, 0.05) is 11.8 Å². The zero-order valence-electron chi connectivity index (χ0n) is 11.4. The SMILES string of the molecule is COC(=O)c1ccc(-c2cnc(-c3ccccc3)s2)cc1. The van der Waals surface area contributed by atoms with Gasteiger partial charge in [0.2, 0.25) is 0 Å². The number of rotatable bonds is 3. The van der Waals surface area contributed by atoms with Crippen molar-refractivity contribution in [1.82, 2.24) is 4.98 Å². The molecule has 0 aliphatic carbocycles. The van der Waals surface area contributed by atoms with Crippen LogP contribution in [0.15, 0.2) is 60.8 Å². The highest BCUT2D eigenvalue weighted by Gasteiger charge is 2.08. The molecule has 2 aromatic carbocycles.